The van der Waals surface area contributed by atoms with Crippen molar-refractivity contribution >= 4 is 22.4 Å². The lowest BCUT2D eigenvalue weighted by Crippen LogP contribution is -2.28. The molecule has 2 N–H and O–H groups in total. The summed E-state index contributed by atoms with van der Waals surface area (Å²) in [6, 6.07) is 17.6. The maximum atomic E-state index is 12.5. The van der Waals surface area contributed by atoms with Gasteiger partial charge in [0.25, 0.3) is 5.91 Å². The Balaban J connectivity index is 1.63. The number of hydrogen-bond acceptors (Lipinski definition) is 5. The maximum absolute atomic E-state index is 12.5. The van der Waals surface area contributed by atoms with Gasteiger partial charge in [-0.05, 0) is 23.6 Å². The third-order valence-electron chi connectivity index (χ3n) is 4.44. The molecule has 0 saturated carbocycles. The fourth-order valence-corrected chi connectivity index (χ4v) is 3.07. The molecule has 0 fully saturated rings. The zero-order valence-corrected chi connectivity index (χ0v) is 16.2. The second-order valence-electron chi connectivity index (χ2n) is 6.12. The number of ether oxygens (including phenoxy) is 3. The van der Waals surface area contributed by atoms with Crippen LogP contribution in [0.4, 0.5) is 5.69 Å². The lowest BCUT2D eigenvalue weighted by Gasteiger charge is -2.14. The summed E-state index contributed by atoms with van der Waals surface area (Å²) in [6.45, 7) is 1.07. The van der Waals surface area contributed by atoms with Gasteiger partial charge in [0.1, 0.15) is 0 Å². The van der Waals surface area contributed by atoms with E-state index in [1.807, 2.05) is 24.3 Å². The summed E-state index contributed by atoms with van der Waals surface area (Å²) in [5.74, 6) is 1.14. The van der Waals surface area contributed by atoms with Crippen molar-refractivity contribution in [2.75, 3.05) is 39.7 Å². The molecule has 0 bridgehead atoms. The fourth-order valence-electron chi connectivity index (χ4n) is 3.07. The van der Waals surface area contributed by atoms with Crippen molar-refractivity contribution in [3.05, 3.63) is 60.2 Å². The normalized spacial score (nSPS) is 10.4. The van der Waals surface area contributed by atoms with Crippen LogP contribution in [0.1, 0.15) is 10.4 Å². The molecule has 0 aromatic heterocycles. The number of carbonyl (C=O) groups excluding carboxylic acids is 1. The average Bonchev–Trinajstić information content (AvgIpc) is 2.75. The van der Waals surface area contributed by atoms with Crippen LogP contribution in [0.2, 0.25) is 0 Å². The van der Waals surface area contributed by atoms with Crippen LogP contribution >= 0.6 is 0 Å². The number of anilines is 1. The summed E-state index contributed by atoms with van der Waals surface area (Å²) in [7, 11) is 4.57. The molecule has 0 radical (unpaired) electrons. The van der Waals surface area contributed by atoms with Gasteiger partial charge in [-0.25, -0.2) is 0 Å². The van der Waals surface area contributed by atoms with Crippen molar-refractivity contribution in [2.24, 2.45) is 0 Å². The monoisotopic (exact) mass is 380 g/mol. The standard InChI is InChI=1S/C22H24N2O4/c1-26-19-13-16(14-20(27-2)21(19)28-3)22(25)24-12-11-23-18-10-6-8-15-7-4-5-9-17(15)18/h4-10,13-14,23H,11-12H2,1-3H3,(H,24,25). The topological polar surface area (TPSA) is 68.8 Å². The van der Waals surface area contributed by atoms with Crippen molar-refractivity contribution in [1.29, 1.82) is 0 Å². The molecule has 0 aliphatic rings. The SMILES string of the molecule is COc1cc(C(=O)NCCNc2cccc3ccccc23)cc(OC)c1OC. The Labute approximate surface area is 164 Å². The number of hydrogen-bond donors (Lipinski definition) is 2. The molecule has 0 atom stereocenters. The van der Waals surface area contributed by atoms with Crippen molar-refractivity contribution in [1.82, 2.24) is 5.32 Å². The van der Waals surface area contributed by atoms with Crippen molar-refractivity contribution in [3.63, 3.8) is 0 Å². The van der Waals surface area contributed by atoms with Crippen LogP contribution < -0.4 is 24.8 Å². The summed E-state index contributed by atoms with van der Waals surface area (Å²) in [5.41, 5.74) is 1.49. The first-order valence-corrected chi connectivity index (χ1v) is 8.97. The Morgan fingerprint density at radius 3 is 2.21 bits per heavy atom. The Hall–Kier alpha value is -3.41. The third-order valence-corrected chi connectivity index (χ3v) is 4.44. The van der Waals surface area contributed by atoms with E-state index in [4.69, 9.17) is 14.2 Å². The molecular weight excluding hydrogens is 356 g/mol. The van der Waals surface area contributed by atoms with E-state index in [2.05, 4.69) is 28.8 Å². The molecule has 0 aliphatic heterocycles. The van der Waals surface area contributed by atoms with E-state index in [1.54, 1.807) is 12.1 Å². The highest BCUT2D eigenvalue weighted by atomic mass is 16.5. The van der Waals surface area contributed by atoms with Crippen LogP contribution in [0.5, 0.6) is 17.2 Å². The lowest BCUT2D eigenvalue weighted by molar-refractivity contribution is 0.0954. The van der Waals surface area contributed by atoms with E-state index in [-0.39, 0.29) is 5.91 Å². The fraction of sp³-hybridized carbons (Fsp3) is 0.227. The van der Waals surface area contributed by atoms with Crippen LogP contribution in [0.15, 0.2) is 54.6 Å². The highest BCUT2D eigenvalue weighted by Gasteiger charge is 2.16. The van der Waals surface area contributed by atoms with E-state index >= 15 is 0 Å². The highest BCUT2D eigenvalue weighted by molar-refractivity contribution is 5.96. The van der Waals surface area contributed by atoms with Crippen molar-refractivity contribution < 1.29 is 19.0 Å². The molecular formula is C22H24N2O4. The molecule has 3 aromatic rings. The van der Waals surface area contributed by atoms with E-state index < -0.39 is 0 Å². The molecule has 0 unspecified atom stereocenters. The first-order valence-electron chi connectivity index (χ1n) is 8.97. The van der Waals surface area contributed by atoms with Crippen LogP contribution in [-0.4, -0.2) is 40.3 Å². The summed E-state index contributed by atoms with van der Waals surface area (Å²) in [5, 5.41) is 8.61. The van der Waals surface area contributed by atoms with Gasteiger partial charge in [0.15, 0.2) is 11.5 Å². The maximum Gasteiger partial charge on any atom is 0.251 e. The smallest absolute Gasteiger partial charge is 0.251 e. The largest absolute Gasteiger partial charge is 0.493 e. The predicted octanol–water partition coefficient (Wildman–Crippen LogP) is 3.71. The van der Waals surface area contributed by atoms with Crippen LogP contribution in [0.25, 0.3) is 10.8 Å². The number of nitrogens with one attached hydrogen (secondary N) is 2. The molecule has 146 valence electrons. The molecule has 1 amide bonds. The van der Waals surface area contributed by atoms with Crippen LogP contribution in [0.3, 0.4) is 0 Å². The molecule has 0 aliphatic carbocycles. The summed E-state index contributed by atoms with van der Waals surface area (Å²) < 4.78 is 15.9. The minimum Gasteiger partial charge on any atom is -0.493 e. The Kier molecular flexibility index (Phi) is 6.22. The predicted molar refractivity (Wildman–Crippen MR) is 111 cm³/mol. The minimum absolute atomic E-state index is 0.209. The zero-order valence-electron chi connectivity index (χ0n) is 16.2. The number of fused-ring (bicyclic) bond motifs is 1. The van der Waals surface area contributed by atoms with Crippen molar-refractivity contribution in [2.45, 2.75) is 0 Å². The molecule has 0 heterocycles. The second-order valence-corrected chi connectivity index (χ2v) is 6.12. The van der Waals surface area contributed by atoms with Gasteiger partial charge in [-0.15, -0.1) is 0 Å². The van der Waals surface area contributed by atoms with Gasteiger partial charge in [0, 0.05) is 29.7 Å². The quantitative estimate of drug-likeness (QED) is 0.583. The Morgan fingerprint density at radius 1 is 0.857 bits per heavy atom. The number of amides is 1. The third kappa shape index (κ3) is 4.11. The minimum atomic E-state index is -0.209. The summed E-state index contributed by atoms with van der Waals surface area (Å²) >= 11 is 0. The highest BCUT2D eigenvalue weighted by Crippen LogP contribution is 2.38. The van der Waals surface area contributed by atoms with Crippen molar-refractivity contribution in [3.8, 4) is 17.2 Å². The first-order chi connectivity index (χ1) is 13.7. The molecule has 6 heteroatoms. The number of benzene rings is 3. The van der Waals surface area contributed by atoms with Gasteiger partial charge in [0.2, 0.25) is 5.75 Å². The van der Waals surface area contributed by atoms with E-state index in [0.29, 0.717) is 35.9 Å². The van der Waals surface area contributed by atoms with E-state index in [1.165, 1.54) is 26.7 Å². The Bertz CT molecular complexity index is 941. The lowest BCUT2D eigenvalue weighted by atomic mass is 10.1. The van der Waals surface area contributed by atoms with Gasteiger partial charge >= 0.3 is 0 Å². The van der Waals surface area contributed by atoms with Gasteiger partial charge < -0.3 is 24.8 Å². The van der Waals surface area contributed by atoms with Crippen LogP contribution in [-0.2, 0) is 0 Å². The number of carbonyl (C=O) groups is 1. The van der Waals surface area contributed by atoms with Gasteiger partial charge in [-0.1, -0.05) is 36.4 Å². The molecule has 3 aromatic carbocycles. The Morgan fingerprint density at radius 2 is 1.54 bits per heavy atom. The number of rotatable bonds is 8. The van der Waals surface area contributed by atoms with Gasteiger partial charge in [-0.3, -0.25) is 4.79 Å². The summed E-state index contributed by atoms with van der Waals surface area (Å²) in [4.78, 5) is 12.5. The van der Waals surface area contributed by atoms with E-state index in [0.717, 1.165) is 11.1 Å². The van der Waals surface area contributed by atoms with Gasteiger partial charge in [-0.2, -0.15) is 0 Å². The second kappa shape index (κ2) is 8.99. The van der Waals surface area contributed by atoms with Crippen LogP contribution in [0, 0.1) is 0 Å². The molecule has 0 spiro atoms. The van der Waals surface area contributed by atoms with Gasteiger partial charge in [0.05, 0.1) is 21.3 Å². The molecule has 0 saturated heterocycles. The van der Waals surface area contributed by atoms with E-state index in [9.17, 15) is 4.79 Å². The average molecular weight is 380 g/mol. The first kappa shape index (κ1) is 19.4. The molecule has 6 nitrogen and oxygen atoms in total. The molecule has 28 heavy (non-hydrogen) atoms. The zero-order chi connectivity index (χ0) is 19.9. The summed E-state index contributed by atoms with van der Waals surface area (Å²) in [6.07, 6.45) is 0. The molecule has 3 rings (SSSR count). The number of methoxy groups -OCH3 is 3.